The highest BCUT2D eigenvalue weighted by Gasteiger charge is 2.42. The molecule has 0 saturated carbocycles. The first kappa shape index (κ1) is 10.0. The molecular formula is C12H20N2. The molecule has 0 bridgehead atoms. The average Bonchev–Trinajstić information content (AvgIpc) is 2.73. The highest BCUT2D eigenvalue weighted by molar-refractivity contribution is 5.04. The number of hydrogen-bond donors (Lipinski definition) is 1. The van der Waals surface area contributed by atoms with Crippen LogP contribution in [0.2, 0.25) is 0 Å². The Morgan fingerprint density at radius 2 is 2.29 bits per heavy atom. The molecule has 3 atom stereocenters. The maximum Gasteiger partial charge on any atom is 0.0604 e. The molecule has 0 amide bonds. The molecule has 2 aliphatic rings. The van der Waals surface area contributed by atoms with Gasteiger partial charge in [-0.05, 0) is 38.3 Å². The van der Waals surface area contributed by atoms with Crippen molar-refractivity contribution in [1.29, 1.82) is 0 Å². The zero-order valence-corrected chi connectivity index (χ0v) is 9.21. The van der Waals surface area contributed by atoms with Crippen LogP contribution < -0.4 is 5.32 Å². The van der Waals surface area contributed by atoms with Crippen LogP contribution in [0.25, 0.3) is 0 Å². The molecule has 2 heteroatoms. The third-order valence-electron chi connectivity index (χ3n) is 3.70. The van der Waals surface area contributed by atoms with Gasteiger partial charge < -0.3 is 5.32 Å². The number of nitrogens with zero attached hydrogens (tertiary/aromatic N) is 1. The lowest BCUT2D eigenvalue weighted by atomic mass is 9.93. The minimum Gasteiger partial charge on any atom is -0.316 e. The summed E-state index contributed by atoms with van der Waals surface area (Å²) in [7, 11) is 0. The van der Waals surface area contributed by atoms with Crippen LogP contribution in [0.5, 0.6) is 0 Å². The molecule has 2 rings (SSSR count). The first-order chi connectivity index (χ1) is 6.86. The second-order valence-electron chi connectivity index (χ2n) is 4.41. The van der Waals surface area contributed by atoms with Crippen molar-refractivity contribution < 1.29 is 0 Å². The minimum absolute atomic E-state index is 0.774. The Bertz CT molecular complexity index is 251. The molecule has 0 aromatic heterocycles. The van der Waals surface area contributed by atoms with Gasteiger partial charge in [0.2, 0.25) is 0 Å². The molecule has 2 fully saturated rings. The molecule has 2 nitrogen and oxygen atoms in total. The fraction of sp³-hybridized carbons (Fsp3) is 0.833. The van der Waals surface area contributed by atoms with Crippen molar-refractivity contribution in [1.82, 2.24) is 10.2 Å². The zero-order valence-electron chi connectivity index (χ0n) is 9.21. The Labute approximate surface area is 87.1 Å². The van der Waals surface area contributed by atoms with Crippen molar-refractivity contribution >= 4 is 0 Å². The number of rotatable bonds is 2. The zero-order chi connectivity index (χ0) is 9.97. The molecule has 14 heavy (non-hydrogen) atoms. The molecule has 0 aliphatic carbocycles. The Hall–Kier alpha value is -0.520. The Balaban J connectivity index is 2.01. The Kier molecular flexibility index (Phi) is 3.10. The minimum atomic E-state index is 0.774. The van der Waals surface area contributed by atoms with E-state index in [-0.39, 0.29) is 0 Å². The van der Waals surface area contributed by atoms with Crippen LogP contribution in [0.4, 0.5) is 0 Å². The van der Waals surface area contributed by atoms with E-state index in [0.29, 0.717) is 0 Å². The van der Waals surface area contributed by atoms with E-state index in [1.165, 1.54) is 26.1 Å². The van der Waals surface area contributed by atoms with Crippen molar-refractivity contribution in [3.63, 3.8) is 0 Å². The van der Waals surface area contributed by atoms with Crippen molar-refractivity contribution in [2.75, 3.05) is 26.2 Å². The molecule has 0 radical (unpaired) electrons. The number of likely N-dealkylation sites (tertiary alicyclic amines) is 1. The van der Waals surface area contributed by atoms with E-state index in [4.69, 9.17) is 0 Å². The second kappa shape index (κ2) is 4.33. The van der Waals surface area contributed by atoms with E-state index in [2.05, 4.69) is 29.0 Å². The SMILES string of the molecule is CC#CCN1CC2CNCC2C1CC. The third kappa shape index (κ3) is 1.67. The van der Waals surface area contributed by atoms with E-state index >= 15 is 0 Å². The van der Waals surface area contributed by atoms with Gasteiger partial charge in [-0.25, -0.2) is 0 Å². The lowest BCUT2D eigenvalue weighted by Gasteiger charge is -2.24. The maximum absolute atomic E-state index is 3.50. The monoisotopic (exact) mass is 192 g/mol. The van der Waals surface area contributed by atoms with Crippen molar-refractivity contribution in [2.24, 2.45) is 11.8 Å². The summed E-state index contributed by atoms with van der Waals surface area (Å²) < 4.78 is 0. The number of fused-ring (bicyclic) bond motifs is 1. The van der Waals surface area contributed by atoms with E-state index in [1.807, 2.05) is 6.92 Å². The maximum atomic E-state index is 3.50. The van der Waals surface area contributed by atoms with Crippen molar-refractivity contribution in [2.45, 2.75) is 26.3 Å². The molecule has 0 aromatic carbocycles. The van der Waals surface area contributed by atoms with Crippen LogP contribution in [-0.4, -0.2) is 37.1 Å². The molecule has 1 N–H and O–H groups in total. The molecule has 2 heterocycles. The van der Waals surface area contributed by atoms with Gasteiger partial charge in [0.15, 0.2) is 0 Å². The quantitative estimate of drug-likeness (QED) is 0.655. The average molecular weight is 192 g/mol. The summed E-state index contributed by atoms with van der Waals surface area (Å²) in [5, 5.41) is 3.50. The lowest BCUT2D eigenvalue weighted by molar-refractivity contribution is 0.243. The van der Waals surface area contributed by atoms with E-state index in [9.17, 15) is 0 Å². The summed E-state index contributed by atoms with van der Waals surface area (Å²) in [5.41, 5.74) is 0. The molecular weight excluding hydrogens is 172 g/mol. The van der Waals surface area contributed by atoms with E-state index in [0.717, 1.165) is 24.4 Å². The topological polar surface area (TPSA) is 15.3 Å². The molecule has 78 valence electrons. The highest BCUT2D eigenvalue weighted by atomic mass is 15.2. The summed E-state index contributed by atoms with van der Waals surface area (Å²) in [6.45, 7) is 8.90. The fourth-order valence-electron chi connectivity index (χ4n) is 3.03. The molecule has 3 unspecified atom stereocenters. The normalized spacial score (nSPS) is 36.6. The lowest BCUT2D eigenvalue weighted by Crippen LogP contribution is -2.35. The Morgan fingerprint density at radius 1 is 1.43 bits per heavy atom. The first-order valence-electron chi connectivity index (χ1n) is 5.71. The molecule has 2 aliphatic heterocycles. The second-order valence-corrected chi connectivity index (χ2v) is 4.41. The molecule has 2 saturated heterocycles. The summed E-state index contributed by atoms with van der Waals surface area (Å²) >= 11 is 0. The van der Waals surface area contributed by atoms with Gasteiger partial charge in [-0.2, -0.15) is 0 Å². The van der Waals surface area contributed by atoms with Gasteiger partial charge in [0, 0.05) is 12.6 Å². The van der Waals surface area contributed by atoms with Crippen LogP contribution in [0.3, 0.4) is 0 Å². The van der Waals surface area contributed by atoms with Gasteiger partial charge in [-0.3, -0.25) is 4.90 Å². The first-order valence-corrected chi connectivity index (χ1v) is 5.71. The largest absolute Gasteiger partial charge is 0.316 e. The van der Waals surface area contributed by atoms with Crippen LogP contribution in [-0.2, 0) is 0 Å². The number of nitrogens with one attached hydrogen (secondary N) is 1. The summed E-state index contributed by atoms with van der Waals surface area (Å²) in [4.78, 5) is 2.58. The van der Waals surface area contributed by atoms with Gasteiger partial charge in [-0.1, -0.05) is 12.8 Å². The Morgan fingerprint density at radius 3 is 3.00 bits per heavy atom. The molecule has 0 aromatic rings. The van der Waals surface area contributed by atoms with Gasteiger partial charge in [0.25, 0.3) is 0 Å². The predicted octanol–water partition coefficient (Wildman–Crippen LogP) is 0.940. The van der Waals surface area contributed by atoms with Gasteiger partial charge in [-0.15, -0.1) is 5.92 Å². The smallest absolute Gasteiger partial charge is 0.0604 e. The standard InChI is InChI=1S/C12H20N2/c1-3-5-6-14-9-10-7-13-8-11(10)12(14)4-2/h10-13H,4,6-9H2,1-2H3. The van der Waals surface area contributed by atoms with Crippen LogP contribution in [0, 0.1) is 23.7 Å². The predicted molar refractivity (Wildman–Crippen MR) is 59.0 cm³/mol. The van der Waals surface area contributed by atoms with Gasteiger partial charge >= 0.3 is 0 Å². The van der Waals surface area contributed by atoms with Gasteiger partial charge in [0.1, 0.15) is 0 Å². The van der Waals surface area contributed by atoms with Crippen LogP contribution in [0.15, 0.2) is 0 Å². The van der Waals surface area contributed by atoms with Crippen LogP contribution >= 0.6 is 0 Å². The summed E-state index contributed by atoms with van der Waals surface area (Å²) in [5.74, 6) is 7.97. The van der Waals surface area contributed by atoms with E-state index < -0.39 is 0 Å². The third-order valence-corrected chi connectivity index (χ3v) is 3.70. The summed E-state index contributed by atoms with van der Waals surface area (Å²) in [6.07, 6.45) is 1.27. The van der Waals surface area contributed by atoms with Crippen molar-refractivity contribution in [3.05, 3.63) is 0 Å². The van der Waals surface area contributed by atoms with E-state index in [1.54, 1.807) is 0 Å². The van der Waals surface area contributed by atoms with Crippen molar-refractivity contribution in [3.8, 4) is 11.8 Å². The van der Waals surface area contributed by atoms with Gasteiger partial charge in [0.05, 0.1) is 6.54 Å². The highest BCUT2D eigenvalue weighted by Crippen LogP contribution is 2.33. The fourth-order valence-corrected chi connectivity index (χ4v) is 3.03. The number of hydrogen-bond acceptors (Lipinski definition) is 2. The summed E-state index contributed by atoms with van der Waals surface area (Å²) in [6, 6.07) is 0.774. The molecule has 0 spiro atoms. The van der Waals surface area contributed by atoms with Crippen LogP contribution in [0.1, 0.15) is 20.3 Å².